The molecule has 0 amide bonds. The Morgan fingerprint density at radius 2 is 0.905 bits per heavy atom. The Morgan fingerprint density at radius 3 is 1.14 bits per heavy atom. The molecule has 0 saturated heterocycles. The fraction of sp³-hybridized carbons (Fsp3) is 0.444. The molecule has 21 heavy (non-hydrogen) atoms. The van der Waals surface area contributed by atoms with Gasteiger partial charge in [0, 0.05) is 0 Å². The van der Waals surface area contributed by atoms with E-state index in [9.17, 15) is 0 Å². The van der Waals surface area contributed by atoms with E-state index in [-0.39, 0.29) is 21.1 Å². The first kappa shape index (κ1) is 20.3. The first-order valence-electron chi connectivity index (χ1n) is 7.28. The summed E-state index contributed by atoms with van der Waals surface area (Å²) in [5, 5.41) is 0. The summed E-state index contributed by atoms with van der Waals surface area (Å²) >= 11 is 0. The van der Waals surface area contributed by atoms with E-state index >= 15 is 0 Å². The topological polar surface area (TPSA) is 6.48 Å². The van der Waals surface area contributed by atoms with Crippen LogP contribution in [0.4, 0.5) is 0 Å². The average molecular weight is 368 g/mol. The van der Waals surface area contributed by atoms with Gasteiger partial charge >= 0.3 is 21.1 Å². The minimum absolute atomic E-state index is 0. The van der Waals surface area contributed by atoms with Crippen LogP contribution in [0, 0.1) is 0 Å². The molecule has 2 rings (SSSR count). The monoisotopic (exact) mass is 370 g/mol. The van der Waals surface area contributed by atoms with Crippen molar-refractivity contribution in [3.05, 3.63) is 59.7 Å². The van der Waals surface area contributed by atoms with Gasteiger partial charge in [0.05, 0.1) is 0 Å². The van der Waals surface area contributed by atoms with Crippen LogP contribution in [0.3, 0.4) is 0 Å². The van der Waals surface area contributed by atoms with Crippen molar-refractivity contribution in [3.8, 4) is 0 Å². The Kier molecular flexibility index (Phi) is 11.5. The maximum atomic E-state index is 2.20. The third kappa shape index (κ3) is 10.6. The zero-order valence-electron chi connectivity index (χ0n) is 13.7. The summed E-state index contributed by atoms with van der Waals surface area (Å²) in [4.78, 5) is 4.40. The van der Waals surface area contributed by atoms with Crippen molar-refractivity contribution < 1.29 is 21.1 Å². The van der Waals surface area contributed by atoms with E-state index in [4.69, 9.17) is 0 Å². The molecule has 0 radical (unpaired) electrons. The van der Waals surface area contributed by atoms with Crippen molar-refractivity contribution in [1.29, 1.82) is 0 Å². The molecule has 0 spiro atoms. The third-order valence-corrected chi connectivity index (χ3v) is 3.16. The molecule has 0 saturated carbocycles. The van der Waals surface area contributed by atoms with E-state index in [1.807, 2.05) is 0 Å². The van der Waals surface area contributed by atoms with E-state index in [0.717, 1.165) is 13.1 Å². The Morgan fingerprint density at radius 1 is 0.619 bits per heavy atom. The van der Waals surface area contributed by atoms with Gasteiger partial charge in [-0.25, -0.2) is 24.3 Å². The first-order chi connectivity index (χ1) is 9.58. The molecule has 0 aliphatic heterocycles. The van der Waals surface area contributed by atoms with Gasteiger partial charge in [-0.1, -0.05) is 12.8 Å². The van der Waals surface area contributed by atoms with Crippen LogP contribution < -0.4 is 0 Å². The van der Waals surface area contributed by atoms with Crippen molar-refractivity contribution in [1.82, 2.24) is 9.80 Å². The molecule has 0 aliphatic carbocycles. The molecule has 2 aromatic carbocycles. The Bertz CT molecular complexity index is 374. The van der Waals surface area contributed by atoms with E-state index < -0.39 is 0 Å². The maximum Gasteiger partial charge on any atom is 2.00 e. The van der Waals surface area contributed by atoms with Crippen molar-refractivity contribution in [2.45, 2.75) is 12.8 Å². The SMILES string of the molecule is CN(C)CC[c-]1cccc1.CN(C)CC[c-]1cccc1.[Mo+2]. The number of rotatable bonds is 6. The maximum absolute atomic E-state index is 2.20. The second kappa shape index (κ2) is 11.9. The van der Waals surface area contributed by atoms with Gasteiger partial charge in [0.2, 0.25) is 0 Å². The first-order valence-corrected chi connectivity index (χ1v) is 7.28. The summed E-state index contributed by atoms with van der Waals surface area (Å²) in [6.45, 7) is 2.29. The molecule has 0 fully saturated rings. The predicted octanol–water partition coefficient (Wildman–Crippen LogP) is 3.02. The smallest absolute Gasteiger partial charge is 0.310 e. The van der Waals surface area contributed by atoms with Crippen LogP contribution in [0.2, 0.25) is 0 Å². The van der Waals surface area contributed by atoms with Crippen molar-refractivity contribution in [2.75, 3.05) is 41.3 Å². The average Bonchev–Trinajstić information content (AvgIpc) is 3.08. The zero-order valence-corrected chi connectivity index (χ0v) is 15.8. The molecular formula is C18H28MoN2. The van der Waals surface area contributed by atoms with Crippen LogP contribution in [0.25, 0.3) is 0 Å². The van der Waals surface area contributed by atoms with Gasteiger partial charge < -0.3 is 9.80 Å². The number of hydrogen-bond donors (Lipinski definition) is 0. The summed E-state index contributed by atoms with van der Waals surface area (Å²) in [6, 6.07) is 17.0. The van der Waals surface area contributed by atoms with Gasteiger partial charge in [-0.05, 0) is 41.3 Å². The van der Waals surface area contributed by atoms with E-state index in [1.54, 1.807) is 0 Å². The largest absolute Gasteiger partial charge is 2.00 e. The van der Waals surface area contributed by atoms with Gasteiger partial charge in [-0.3, -0.25) is 0 Å². The van der Waals surface area contributed by atoms with E-state index in [1.165, 1.54) is 24.0 Å². The van der Waals surface area contributed by atoms with Crippen molar-refractivity contribution >= 4 is 0 Å². The molecule has 0 unspecified atom stereocenters. The van der Waals surface area contributed by atoms with Gasteiger partial charge in [0.25, 0.3) is 0 Å². The summed E-state index contributed by atoms with van der Waals surface area (Å²) < 4.78 is 0. The summed E-state index contributed by atoms with van der Waals surface area (Å²) in [5.41, 5.74) is 2.88. The molecule has 0 N–H and O–H groups in total. The Labute approximate surface area is 144 Å². The van der Waals surface area contributed by atoms with Gasteiger partial charge in [0.15, 0.2) is 0 Å². The number of likely N-dealkylation sites (N-methyl/N-ethyl adjacent to an activating group) is 2. The number of hydrogen-bond acceptors (Lipinski definition) is 2. The molecule has 116 valence electrons. The molecule has 0 aromatic heterocycles. The standard InChI is InChI=1S/2C9H14N.Mo/c2*1-10(2)8-7-9-5-3-4-6-9;/h2*3-6H,7-8H2,1-2H3;/q2*-1;+2. The van der Waals surface area contributed by atoms with Crippen molar-refractivity contribution in [3.63, 3.8) is 0 Å². The van der Waals surface area contributed by atoms with Gasteiger partial charge in [0.1, 0.15) is 0 Å². The third-order valence-electron chi connectivity index (χ3n) is 3.16. The molecule has 2 nitrogen and oxygen atoms in total. The molecule has 0 aliphatic rings. The Balaban J connectivity index is 0.000000364. The van der Waals surface area contributed by atoms with Crippen molar-refractivity contribution in [2.24, 2.45) is 0 Å². The van der Waals surface area contributed by atoms with Crippen LogP contribution in [-0.4, -0.2) is 51.1 Å². The fourth-order valence-corrected chi connectivity index (χ4v) is 1.87. The quantitative estimate of drug-likeness (QED) is 0.571. The van der Waals surface area contributed by atoms with E-state index in [2.05, 4.69) is 86.5 Å². The molecule has 0 bridgehead atoms. The van der Waals surface area contributed by atoms with Crippen LogP contribution in [0.1, 0.15) is 11.1 Å². The number of nitrogens with zero attached hydrogens (tertiary/aromatic N) is 2. The summed E-state index contributed by atoms with van der Waals surface area (Å²) in [7, 11) is 8.40. The zero-order chi connectivity index (χ0) is 14.8. The van der Waals surface area contributed by atoms with E-state index in [0.29, 0.717) is 0 Å². The molecular weight excluding hydrogens is 340 g/mol. The fourth-order valence-electron chi connectivity index (χ4n) is 1.87. The summed E-state index contributed by atoms with van der Waals surface area (Å²) in [6.07, 6.45) is 2.33. The second-order valence-electron chi connectivity index (χ2n) is 5.69. The van der Waals surface area contributed by atoms with Crippen LogP contribution >= 0.6 is 0 Å². The Hall–Kier alpha value is -0.692. The second-order valence-corrected chi connectivity index (χ2v) is 5.69. The molecule has 0 atom stereocenters. The molecule has 0 heterocycles. The molecule has 3 heteroatoms. The molecule has 2 aromatic rings. The predicted molar refractivity (Wildman–Crippen MR) is 88.6 cm³/mol. The van der Waals surface area contributed by atoms with Crippen LogP contribution in [-0.2, 0) is 33.9 Å². The minimum Gasteiger partial charge on any atom is -0.310 e. The van der Waals surface area contributed by atoms with Crippen LogP contribution in [0.5, 0.6) is 0 Å². The van der Waals surface area contributed by atoms with Gasteiger partial charge in [-0.2, -0.15) is 35.4 Å². The normalized spacial score (nSPS) is 10.2. The summed E-state index contributed by atoms with van der Waals surface area (Å²) in [5.74, 6) is 0. The van der Waals surface area contributed by atoms with Crippen LogP contribution in [0.15, 0.2) is 48.5 Å². The van der Waals surface area contributed by atoms with Gasteiger partial charge in [-0.15, -0.1) is 0 Å². The minimum atomic E-state index is 0.